The van der Waals surface area contributed by atoms with Crippen LogP contribution < -0.4 is 5.32 Å². The number of nitrogens with one attached hydrogen (secondary N) is 1. The Hall–Kier alpha value is -3.24. The second kappa shape index (κ2) is 7.17. The SMILES string of the molecule is CN1CCC[C@@H](Nc2nnc(-c3ccc(C#N)nc3O)c3ccccc23)C1. The van der Waals surface area contributed by atoms with Crippen molar-refractivity contribution in [3.05, 3.63) is 42.1 Å². The molecule has 136 valence electrons. The minimum absolute atomic E-state index is 0.160. The van der Waals surface area contributed by atoms with Gasteiger partial charge in [0.25, 0.3) is 0 Å². The Labute approximate surface area is 157 Å². The van der Waals surface area contributed by atoms with Gasteiger partial charge < -0.3 is 15.3 Å². The molecule has 1 saturated heterocycles. The number of nitrogens with zero attached hydrogens (tertiary/aromatic N) is 5. The van der Waals surface area contributed by atoms with Crippen molar-refractivity contribution in [1.82, 2.24) is 20.1 Å². The third-order valence-corrected chi connectivity index (χ3v) is 4.90. The van der Waals surface area contributed by atoms with Crippen LogP contribution in [0, 0.1) is 11.3 Å². The molecule has 3 aromatic rings. The summed E-state index contributed by atoms with van der Waals surface area (Å²) in [6.45, 7) is 2.09. The molecule has 0 unspecified atom stereocenters. The van der Waals surface area contributed by atoms with Crippen LogP contribution in [0.2, 0.25) is 0 Å². The highest BCUT2D eigenvalue weighted by Crippen LogP contribution is 2.34. The lowest BCUT2D eigenvalue weighted by Crippen LogP contribution is -2.40. The zero-order valence-electron chi connectivity index (χ0n) is 15.1. The average molecular weight is 360 g/mol. The third-order valence-electron chi connectivity index (χ3n) is 4.90. The van der Waals surface area contributed by atoms with Gasteiger partial charge >= 0.3 is 0 Å². The first-order chi connectivity index (χ1) is 13.2. The lowest BCUT2D eigenvalue weighted by Gasteiger charge is -2.30. The summed E-state index contributed by atoms with van der Waals surface area (Å²) < 4.78 is 0. The highest BCUT2D eigenvalue weighted by atomic mass is 16.3. The summed E-state index contributed by atoms with van der Waals surface area (Å²) in [5, 5.41) is 33.3. The van der Waals surface area contributed by atoms with Crippen LogP contribution >= 0.6 is 0 Å². The van der Waals surface area contributed by atoms with Gasteiger partial charge in [-0.2, -0.15) is 5.26 Å². The summed E-state index contributed by atoms with van der Waals surface area (Å²) >= 11 is 0. The second-order valence-corrected chi connectivity index (χ2v) is 6.87. The van der Waals surface area contributed by atoms with Gasteiger partial charge in [-0.15, -0.1) is 10.2 Å². The Morgan fingerprint density at radius 2 is 2.00 bits per heavy atom. The van der Waals surface area contributed by atoms with Gasteiger partial charge in [-0.25, -0.2) is 4.98 Å². The van der Waals surface area contributed by atoms with Crippen LogP contribution in [0.3, 0.4) is 0 Å². The van der Waals surface area contributed by atoms with Gasteiger partial charge in [0, 0.05) is 23.4 Å². The number of likely N-dealkylation sites (tertiary alicyclic amines) is 1. The van der Waals surface area contributed by atoms with E-state index in [1.807, 2.05) is 30.3 Å². The Kier molecular flexibility index (Phi) is 4.57. The van der Waals surface area contributed by atoms with Gasteiger partial charge in [0.2, 0.25) is 5.88 Å². The van der Waals surface area contributed by atoms with Crippen molar-refractivity contribution in [2.45, 2.75) is 18.9 Å². The molecule has 1 fully saturated rings. The van der Waals surface area contributed by atoms with Crippen molar-refractivity contribution in [2.75, 3.05) is 25.5 Å². The van der Waals surface area contributed by atoms with E-state index in [0.717, 1.165) is 42.5 Å². The minimum Gasteiger partial charge on any atom is -0.493 e. The number of fused-ring (bicyclic) bond motifs is 1. The number of benzene rings is 1. The van der Waals surface area contributed by atoms with E-state index in [0.29, 0.717) is 17.3 Å². The molecule has 0 radical (unpaired) electrons. The molecular formula is C20H20N6O. The molecule has 2 aromatic heterocycles. The molecule has 7 nitrogen and oxygen atoms in total. The van der Waals surface area contributed by atoms with Crippen molar-refractivity contribution in [2.24, 2.45) is 0 Å². The second-order valence-electron chi connectivity index (χ2n) is 6.87. The van der Waals surface area contributed by atoms with E-state index in [1.54, 1.807) is 12.1 Å². The van der Waals surface area contributed by atoms with Gasteiger partial charge in [-0.05, 0) is 38.6 Å². The van der Waals surface area contributed by atoms with E-state index >= 15 is 0 Å². The highest BCUT2D eigenvalue weighted by molar-refractivity contribution is 6.00. The summed E-state index contributed by atoms with van der Waals surface area (Å²) in [5.74, 6) is 0.527. The number of nitriles is 1. The van der Waals surface area contributed by atoms with Gasteiger partial charge in [0.15, 0.2) is 5.82 Å². The van der Waals surface area contributed by atoms with Crippen molar-refractivity contribution in [1.29, 1.82) is 5.26 Å². The number of aromatic nitrogens is 3. The van der Waals surface area contributed by atoms with Crippen LogP contribution in [0.25, 0.3) is 22.0 Å². The predicted octanol–water partition coefficient (Wildman–Crippen LogP) is 2.78. The Bertz CT molecular complexity index is 1030. The van der Waals surface area contributed by atoms with E-state index in [2.05, 4.69) is 32.4 Å². The van der Waals surface area contributed by atoms with E-state index in [-0.39, 0.29) is 11.6 Å². The van der Waals surface area contributed by atoms with Crippen LogP contribution in [0.1, 0.15) is 18.5 Å². The molecule has 0 saturated carbocycles. The number of hydrogen-bond donors (Lipinski definition) is 2. The Morgan fingerprint density at radius 3 is 2.74 bits per heavy atom. The molecule has 1 atom stereocenters. The molecule has 3 heterocycles. The minimum atomic E-state index is -0.219. The van der Waals surface area contributed by atoms with Crippen LogP contribution in [-0.4, -0.2) is 51.4 Å². The first-order valence-corrected chi connectivity index (χ1v) is 8.96. The standard InChI is InChI=1S/C20H20N6O/c1-26-10-4-5-14(12-26)22-19-16-7-3-2-6-15(16)18(24-25-19)17-9-8-13(11-21)23-20(17)27/h2-3,6-9,14H,4-5,10,12H2,1H3,(H,22,25)(H,23,27)/t14-/m1/s1. The van der Waals surface area contributed by atoms with E-state index < -0.39 is 0 Å². The molecular weight excluding hydrogens is 340 g/mol. The molecule has 27 heavy (non-hydrogen) atoms. The Morgan fingerprint density at radius 1 is 1.19 bits per heavy atom. The number of rotatable bonds is 3. The Balaban J connectivity index is 1.76. The smallest absolute Gasteiger partial charge is 0.221 e. The van der Waals surface area contributed by atoms with E-state index in [9.17, 15) is 5.11 Å². The number of anilines is 1. The molecule has 1 aliphatic heterocycles. The van der Waals surface area contributed by atoms with Crippen LogP contribution in [0.15, 0.2) is 36.4 Å². The molecule has 1 aromatic carbocycles. The number of hydrogen-bond acceptors (Lipinski definition) is 7. The fourth-order valence-corrected chi connectivity index (χ4v) is 3.58. The lowest BCUT2D eigenvalue weighted by molar-refractivity contribution is 0.261. The molecule has 7 heteroatoms. The maximum absolute atomic E-state index is 10.2. The summed E-state index contributed by atoms with van der Waals surface area (Å²) in [5.41, 5.74) is 1.17. The van der Waals surface area contributed by atoms with Crippen molar-refractivity contribution in [3.63, 3.8) is 0 Å². The molecule has 1 aliphatic rings. The van der Waals surface area contributed by atoms with E-state index in [1.165, 1.54) is 0 Å². The van der Waals surface area contributed by atoms with Crippen molar-refractivity contribution < 1.29 is 5.11 Å². The number of aromatic hydroxyl groups is 1. The van der Waals surface area contributed by atoms with Gasteiger partial charge in [0.05, 0.1) is 5.56 Å². The monoisotopic (exact) mass is 360 g/mol. The van der Waals surface area contributed by atoms with E-state index in [4.69, 9.17) is 5.26 Å². The zero-order chi connectivity index (χ0) is 18.8. The van der Waals surface area contributed by atoms with Gasteiger partial charge in [-0.1, -0.05) is 24.3 Å². The van der Waals surface area contributed by atoms with Crippen molar-refractivity contribution >= 4 is 16.6 Å². The van der Waals surface area contributed by atoms with Crippen LogP contribution in [0.4, 0.5) is 5.82 Å². The summed E-state index contributed by atoms with van der Waals surface area (Å²) in [4.78, 5) is 6.22. The van der Waals surface area contributed by atoms with Gasteiger partial charge in [-0.3, -0.25) is 0 Å². The summed E-state index contributed by atoms with van der Waals surface area (Å²) in [6.07, 6.45) is 2.25. The van der Waals surface area contributed by atoms with Crippen LogP contribution in [-0.2, 0) is 0 Å². The maximum atomic E-state index is 10.2. The fraction of sp³-hybridized carbons (Fsp3) is 0.300. The maximum Gasteiger partial charge on any atom is 0.221 e. The largest absolute Gasteiger partial charge is 0.493 e. The number of piperidine rings is 1. The first-order valence-electron chi connectivity index (χ1n) is 8.96. The zero-order valence-corrected chi connectivity index (χ0v) is 15.1. The predicted molar refractivity (Wildman–Crippen MR) is 103 cm³/mol. The molecule has 0 bridgehead atoms. The van der Waals surface area contributed by atoms with Crippen LogP contribution in [0.5, 0.6) is 5.88 Å². The summed E-state index contributed by atoms with van der Waals surface area (Å²) in [6, 6.07) is 13.3. The molecule has 0 aliphatic carbocycles. The molecule has 4 rings (SSSR count). The van der Waals surface area contributed by atoms with Crippen molar-refractivity contribution in [3.8, 4) is 23.2 Å². The number of likely N-dealkylation sites (N-methyl/N-ethyl adjacent to an activating group) is 1. The topological polar surface area (TPSA) is 98.0 Å². The normalized spacial score (nSPS) is 17.6. The third kappa shape index (κ3) is 3.39. The molecule has 2 N–H and O–H groups in total. The highest BCUT2D eigenvalue weighted by Gasteiger charge is 2.20. The quantitative estimate of drug-likeness (QED) is 0.741. The fourth-order valence-electron chi connectivity index (χ4n) is 3.58. The average Bonchev–Trinajstić information content (AvgIpc) is 2.68. The van der Waals surface area contributed by atoms with Gasteiger partial charge in [0.1, 0.15) is 17.5 Å². The lowest BCUT2D eigenvalue weighted by atomic mass is 10.0. The molecule has 0 amide bonds. The first kappa shape index (κ1) is 17.2. The number of pyridine rings is 1. The molecule has 0 spiro atoms. The summed E-state index contributed by atoms with van der Waals surface area (Å²) in [7, 11) is 2.13.